The van der Waals surface area contributed by atoms with Gasteiger partial charge in [0.05, 0.1) is 36.5 Å². The monoisotopic (exact) mass is 458 g/mol. The summed E-state index contributed by atoms with van der Waals surface area (Å²) in [5, 5.41) is 18.1. The first-order chi connectivity index (χ1) is 16.4. The third-order valence-corrected chi connectivity index (χ3v) is 7.38. The van der Waals surface area contributed by atoms with Gasteiger partial charge in [-0.3, -0.25) is 9.69 Å². The van der Waals surface area contributed by atoms with Crippen molar-refractivity contribution in [3.63, 3.8) is 0 Å². The molecule has 0 radical (unpaired) electrons. The Balaban J connectivity index is 1.60. The minimum absolute atomic E-state index is 0.160. The second-order valence-corrected chi connectivity index (χ2v) is 9.87. The van der Waals surface area contributed by atoms with Crippen molar-refractivity contribution in [2.24, 2.45) is 0 Å². The standard InChI is InChI=1S/C28H34N4O2/c1-19-13-26-15-25(14-20(2)34-26)31(19)18-28(33)27-16-24(7-5-4-6-12-29)32(21(27)3)23-10-8-22(17-30)9-11-23/h8-11,16,19-20,25-26H,4-7,13-15,18H2,1-3H3. The zero-order valence-corrected chi connectivity index (χ0v) is 20.5. The van der Waals surface area contributed by atoms with Crippen molar-refractivity contribution in [3.05, 3.63) is 52.8 Å². The molecule has 4 atom stereocenters. The van der Waals surface area contributed by atoms with E-state index in [0.717, 1.165) is 61.2 Å². The van der Waals surface area contributed by atoms with Crippen molar-refractivity contribution in [3.8, 4) is 17.8 Å². The molecule has 0 saturated carbocycles. The van der Waals surface area contributed by atoms with Gasteiger partial charge in [-0.25, -0.2) is 0 Å². The lowest BCUT2D eigenvalue weighted by molar-refractivity contribution is -0.118. The van der Waals surface area contributed by atoms with Crippen LogP contribution < -0.4 is 0 Å². The fourth-order valence-corrected chi connectivity index (χ4v) is 5.75. The van der Waals surface area contributed by atoms with E-state index in [1.807, 2.05) is 37.3 Å². The third kappa shape index (κ3) is 5.09. The van der Waals surface area contributed by atoms with Crippen LogP contribution in [0.3, 0.4) is 0 Å². The highest BCUT2D eigenvalue weighted by Crippen LogP contribution is 2.34. The van der Waals surface area contributed by atoms with Gasteiger partial charge in [0.1, 0.15) is 0 Å². The Hall–Kier alpha value is -2.93. The molecule has 2 saturated heterocycles. The van der Waals surface area contributed by atoms with Crippen LogP contribution in [-0.4, -0.2) is 46.1 Å². The van der Waals surface area contributed by atoms with E-state index >= 15 is 0 Å². The van der Waals surface area contributed by atoms with Gasteiger partial charge in [-0.15, -0.1) is 0 Å². The van der Waals surface area contributed by atoms with Gasteiger partial charge < -0.3 is 9.30 Å². The van der Waals surface area contributed by atoms with Gasteiger partial charge in [0.25, 0.3) is 0 Å². The van der Waals surface area contributed by atoms with Gasteiger partial charge in [-0.05, 0) is 89.6 Å². The number of piperidine rings is 1. The van der Waals surface area contributed by atoms with E-state index in [-0.39, 0.29) is 11.9 Å². The second kappa shape index (κ2) is 10.6. The first-order valence-corrected chi connectivity index (χ1v) is 12.4. The highest BCUT2D eigenvalue weighted by atomic mass is 16.5. The number of aromatic nitrogens is 1. The average Bonchev–Trinajstić information content (AvgIpc) is 3.15. The van der Waals surface area contributed by atoms with Gasteiger partial charge in [-0.2, -0.15) is 10.5 Å². The summed E-state index contributed by atoms with van der Waals surface area (Å²) >= 11 is 0. The molecule has 4 unspecified atom stereocenters. The number of ketones is 1. The zero-order valence-electron chi connectivity index (χ0n) is 20.5. The summed E-state index contributed by atoms with van der Waals surface area (Å²) in [6.07, 6.45) is 6.60. The largest absolute Gasteiger partial charge is 0.375 e. The van der Waals surface area contributed by atoms with Gasteiger partial charge in [0, 0.05) is 41.1 Å². The molecule has 0 aliphatic carbocycles. The molecule has 3 heterocycles. The van der Waals surface area contributed by atoms with E-state index in [1.165, 1.54) is 0 Å². The zero-order chi connectivity index (χ0) is 24.2. The number of rotatable bonds is 8. The first-order valence-electron chi connectivity index (χ1n) is 12.4. The fourth-order valence-electron chi connectivity index (χ4n) is 5.75. The van der Waals surface area contributed by atoms with Crippen molar-refractivity contribution in [2.45, 2.75) is 90.0 Å². The molecule has 2 aliphatic heterocycles. The van der Waals surface area contributed by atoms with Gasteiger partial charge in [-0.1, -0.05) is 0 Å². The average molecular weight is 459 g/mol. The fraction of sp³-hybridized carbons (Fsp3) is 0.536. The molecule has 1 aromatic heterocycles. The number of benzene rings is 1. The number of likely N-dealkylation sites (tertiary alicyclic amines) is 1. The van der Waals surface area contributed by atoms with Gasteiger partial charge in [0.15, 0.2) is 5.78 Å². The Morgan fingerprint density at radius 3 is 2.59 bits per heavy atom. The Labute approximate surface area is 202 Å². The van der Waals surface area contributed by atoms with Gasteiger partial charge >= 0.3 is 0 Å². The number of Topliss-reactive ketones (excluding diaryl/α,β-unsaturated/α-hetero) is 1. The number of hydrogen-bond acceptors (Lipinski definition) is 5. The lowest BCUT2D eigenvalue weighted by Gasteiger charge is -2.48. The number of hydrogen-bond donors (Lipinski definition) is 0. The number of carbonyl (C=O) groups is 1. The lowest BCUT2D eigenvalue weighted by atomic mass is 9.87. The van der Waals surface area contributed by atoms with Crippen LogP contribution in [0.15, 0.2) is 30.3 Å². The Kier molecular flexibility index (Phi) is 7.51. The van der Waals surface area contributed by atoms with Crippen LogP contribution in [0.2, 0.25) is 0 Å². The topological polar surface area (TPSA) is 82.0 Å². The van der Waals surface area contributed by atoms with Crippen LogP contribution in [0.4, 0.5) is 0 Å². The number of nitrogens with zero attached hydrogens (tertiary/aromatic N) is 4. The molecule has 0 amide bonds. The van der Waals surface area contributed by atoms with Crippen LogP contribution in [-0.2, 0) is 11.2 Å². The first kappa shape index (κ1) is 24.2. The quantitative estimate of drug-likeness (QED) is 0.406. The summed E-state index contributed by atoms with van der Waals surface area (Å²) in [4.78, 5) is 16.0. The molecule has 6 nitrogen and oxygen atoms in total. The van der Waals surface area contributed by atoms with Crippen LogP contribution in [0.25, 0.3) is 5.69 Å². The SMILES string of the molecule is Cc1c(C(=O)CN2C(C)CC3CC2CC(C)O3)cc(CCCCC#N)n1-c1ccc(C#N)cc1. The van der Waals surface area contributed by atoms with Crippen molar-refractivity contribution in [1.82, 2.24) is 9.47 Å². The molecule has 6 heteroatoms. The summed E-state index contributed by atoms with van der Waals surface area (Å²) in [6, 6.07) is 14.7. The number of carbonyl (C=O) groups excluding carboxylic acids is 1. The molecule has 178 valence electrons. The smallest absolute Gasteiger partial charge is 0.178 e. The van der Waals surface area contributed by atoms with E-state index in [4.69, 9.17) is 15.3 Å². The maximum Gasteiger partial charge on any atom is 0.178 e. The Morgan fingerprint density at radius 1 is 1.12 bits per heavy atom. The highest BCUT2D eigenvalue weighted by molar-refractivity contribution is 5.99. The van der Waals surface area contributed by atoms with E-state index in [9.17, 15) is 4.79 Å². The predicted molar refractivity (Wildman–Crippen MR) is 131 cm³/mol. The Morgan fingerprint density at radius 2 is 1.88 bits per heavy atom. The molecular weight excluding hydrogens is 424 g/mol. The van der Waals surface area contributed by atoms with Crippen LogP contribution in [0, 0.1) is 29.6 Å². The van der Waals surface area contributed by atoms with Gasteiger partial charge in [0.2, 0.25) is 0 Å². The minimum atomic E-state index is 0.160. The number of aryl methyl sites for hydroxylation is 1. The molecule has 2 aromatic rings. The molecule has 4 rings (SSSR count). The highest BCUT2D eigenvalue weighted by Gasteiger charge is 2.40. The molecular formula is C28H34N4O2. The number of unbranched alkanes of at least 4 members (excludes halogenated alkanes) is 2. The maximum atomic E-state index is 13.6. The van der Waals surface area contributed by atoms with Crippen molar-refractivity contribution in [1.29, 1.82) is 10.5 Å². The number of ether oxygens (including phenoxy) is 1. The Bertz CT molecular complexity index is 1100. The molecule has 2 bridgehead atoms. The van der Waals surface area contributed by atoms with Crippen molar-refractivity contribution >= 4 is 5.78 Å². The maximum absolute atomic E-state index is 13.6. The summed E-state index contributed by atoms with van der Waals surface area (Å²) in [6.45, 7) is 6.78. The van der Waals surface area contributed by atoms with Crippen molar-refractivity contribution in [2.75, 3.05) is 6.54 Å². The number of fused-ring (bicyclic) bond motifs is 2. The lowest BCUT2D eigenvalue weighted by Crippen LogP contribution is -2.56. The number of nitriles is 2. The molecule has 1 aromatic carbocycles. The summed E-state index contributed by atoms with van der Waals surface area (Å²) in [7, 11) is 0. The van der Waals surface area contributed by atoms with E-state index in [1.54, 1.807) is 0 Å². The summed E-state index contributed by atoms with van der Waals surface area (Å²) < 4.78 is 8.21. The second-order valence-electron chi connectivity index (χ2n) is 9.87. The van der Waals surface area contributed by atoms with Crippen LogP contribution in [0.1, 0.15) is 79.7 Å². The van der Waals surface area contributed by atoms with Crippen molar-refractivity contribution < 1.29 is 9.53 Å². The molecule has 2 fully saturated rings. The van der Waals surface area contributed by atoms with Crippen LogP contribution >= 0.6 is 0 Å². The summed E-state index contributed by atoms with van der Waals surface area (Å²) in [5.41, 5.74) is 4.36. The van der Waals surface area contributed by atoms with E-state index in [0.29, 0.717) is 36.7 Å². The predicted octanol–water partition coefficient (Wildman–Crippen LogP) is 5.11. The molecule has 0 N–H and O–H groups in total. The molecule has 34 heavy (non-hydrogen) atoms. The molecule has 0 spiro atoms. The minimum Gasteiger partial charge on any atom is -0.375 e. The normalized spacial score (nSPS) is 24.4. The summed E-state index contributed by atoms with van der Waals surface area (Å²) in [5.74, 6) is 0.160. The van der Waals surface area contributed by atoms with E-state index in [2.05, 4.69) is 35.5 Å². The molecule has 2 aliphatic rings. The van der Waals surface area contributed by atoms with Crippen LogP contribution in [0.5, 0.6) is 0 Å². The van der Waals surface area contributed by atoms with E-state index < -0.39 is 0 Å². The third-order valence-electron chi connectivity index (χ3n) is 7.38.